The molecule has 8 heteroatoms. The molecule has 18 heavy (non-hydrogen) atoms. The van der Waals surface area contributed by atoms with Crippen molar-refractivity contribution in [1.82, 2.24) is 0 Å². The Morgan fingerprint density at radius 2 is 1.06 bits per heavy atom. The summed E-state index contributed by atoms with van der Waals surface area (Å²) in [6, 6.07) is 7.31. The van der Waals surface area contributed by atoms with Gasteiger partial charge in [-0.05, 0) is 35.0 Å². The average molecular weight is 278 g/mol. The highest BCUT2D eigenvalue weighted by Crippen LogP contribution is 2.28. The third-order valence-corrected chi connectivity index (χ3v) is 4.98. The van der Waals surface area contributed by atoms with Crippen molar-refractivity contribution in [2.45, 2.75) is 0 Å². The van der Waals surface area contributed by atoms with Crippen LogP contribution in [0.3, 0.4) is 0 Å². The molecule has 0 amide bonds. The number of benzene rings is 1. The minimum atomic E-state index is -1.45. The number of hydrogen-bond acceptors (Lipinski definition) is 6. The van der Waals surface area contributed by atoms with E-state index in [1.807, 2.05) is 12.1 Å². The zero-order valence-electron chi connectivity index (χ0n) is 9.07. The molecule has 0 aliphatic carbocycles. The fourth-order valence-corrected chi connectivity index (χ4v) is 3.80. The monoisotopic (exact) mass is 278 g/mol. The van der Waals surface area contributed by atoms with Gasteiger partial charge in [-0.15, -0.1) is 22.7 Å². The van der Waals surface area contributed by atoms with Crippen LogP contribution in [0.2, 0.25) is 0 Å². The molecule has 4 N–H and O–H groups in total. The molecule has 3 rings (SSSR count). The maximum Gasteiger partial charge on any atom is 0.499 e. The van der Waals surface area contributed by atoms with Crippen molar-refractivity contribution < 1.29 is 20.1 Å². The van der Waals surface area contributed by atoms with E-state index in [0.717, 1.165) is 20.2 Å². The van der Waals surface area contributed by atoms with Gasteiger partial charge in [-0.2, -0.15) is 0 Å². The Morgan fingerprint density at radius 1 is 0.667 bits per heavy atom. The predicted molar refractivity (Wildman–Crippen MR) is 76.9 cm³/mol. The Balaban J connectivity index is 2.21. The summed E-state index contributed by atoms with van der Waals surface area (Å²) in [7, 11) is -2.90. The van der Waals surface area contributed by atoms with Gasteiger partial charge in [0, 0.05) is 19.0 Å². The lowest BCUT2D eigenvalue weighted by molar-refractivity contribution is 0.425. The molecule has 0 spiro atoms. The van der Waals surface area contributed by atoms with Crippen molar-refractivity contribution in [3.05, 3.63) is 24.3 Å². The van der Waals surface area contributed by atoms with Gasteiger partial charge < -0.3 is 20.1 Å². The molecule has 1 aromatic carbocycles. The van der Waals surface area contributed by atoms with Crippen molar-refractivity contribution in [3.8, 4) is 0 Å². The molecule has 0 fully saturated rings. The fraction of sp³-hybridized carbons (Fsp3) is 0. The normalized spacial score (nSPS) is 11.3. The van der Waals surface area contributed by atoms with Gasteiger partial charge in [0.25, 0.3) is 0 Å². The van der Waals surface area contributed by atoms with Crippen LogP contribution in [0.25, 0.3) is 20.2 Å². The average Bonchev–Trinajstić information content (AvgIpc) is 2.87. The lowest BCUT2D eigenvalue weighted by Crippen LogP contribution is -2.26. The summed E-state index contributed by atoms with van der Waals surface area (Å²) in [4.78, 5) is 0. The summed E-state index contributed by atoms with van der Waals surface area (Å²) in [5, 5.41) is 38.4. The Morgan fingerprint density at radius 3 is 1.39 bits per heavy atom. The SMILES string of the molecule is OB(O)c1cc2cc3sc(B(O)O)cc3cc2s1. The lowest BCUT2D eigenvalue weighted by atomic mass is 9.89. The van der Waals surface area contributed by atoms with E-state index in [-0.39, 0.29) is 0 Å². The van der Waals surface area contributed by atoms with E-state index in [2.05, 4.69) is 0 Å². The van der Waals surface area contributed by atoms with Crippen LogP contribution >= 0.6 is 22.7 Å². The van der Waals surface area contributed by atoms with Gasteiger partial charge in [-0.25, -0.2) is 0 Å². The summed E-state index contributed by atoms with van der Waals surface area (Å²) in [5.74, 6) is 0. The molecule has 0 atom stereocenters. The molecule has 0 aliphatic rings. The number of fused-ring (bicyclic) bond motifs is 2. The molecule has 0 saturated carbocycles. The van der Waals surface area contributed by atoms with Crippen molar-refractivity contribution in [2.24, 2.45) is 0 Å². The Hall–Kier alpha value is -0.890. The zero-order valence-corrected chi connectivity index (χ0v) is 10.7. The molecule has 2 aromatic heterocycles. The smallest absolute Gasteiger partial charge is 0.423 e. The molecular weight excluding hydrogens is 270 g/mol. The second-order valence-electron chi connectivity index (χ2n) is 3.97. The van der Waals surface area contributed by atoms with Crippen LogP contribution in [-0.2, 0) is 0 Å². The molecule has 0 aliphatic heterocycles. The Kier molecular flexibility index (Phi) is 2.93. The Labute approximate surface area is 111 Å². The zero-order chi connectivity index (χ0) is 12.9. The maximum absolute atomic E-state index is 9.13. The molecule has 0 unspecified atom stereocenters. The van der Waals surface area contributed by atoms with E-state index in [9.17, 15) is 0 Å². The van der Waals surface area contributed by atoms with Crippen molar-refractivity contribution in [2.75, 3.05) is 0 Å². The molecule has 0 saturated heterocycles. The molecule has 90 valence electrons. The van der Waals surface area contributed by atoms with E-state index in [0.29, 0.717) is 9.55 Å². The van der Waals surface area contributed by atoms with Gasteiger partial charge in [-0.3, -0.25) is 0 Å². The van der Waals surface area contributed by atoms with Crippen LogP contribution in [0.15, 0.2) is 24.3 Å². The molecule has 4 nitrogen and oxygen atoms in total. The maximum atomic E-state index is 9.13. The van der Waals surface area contributed by atoms with Crippen LogP contribution < -0.4 is 9.55 Å². The van der Waals surface area contributed by atoms with Crippen LogP contribution in [0.1, 0.15) is 0 Å². The van der Waals surface area contributed by atoms with E-state index in [1.54, 1.807) is 12.1 Å². The lowest BCUT2D eigenvalue weighted by Gasteiger charge is -1.89. The van der Waals surface area contributed by atoms with Gasteiger partial charge in [0.05, 0.1) is 0 Å². The molecular formula is C10H8B2O4S2. The molecule has 3 aromatic rings. The Bertz CT molecular complexity index is 610. The first-order valence-electron chi connectivity index (χ1n) is 5.24. The summed E-state index contributed by atoms with van der Waals surface area (Å²) < 4.78 is 2.90. The first kappa shape index (κ1) is 12.2. The largest absolute Gasteiger partial charge is 0.499 e. The summed E-state index contributed by atoms with van der Waals surface area (Å²) >= 11 is 2.63. The minimum absolute atomic E-state index is 0.505. The van der Waals surface area contributed by atoms with Crippen molar-refractivity contribution in [1.29, 1.82) is 0 Å². The van der Waals surface area contributed by atoms with Gasteiger partial charge in [0.1, 0.15) is 0 Å². The summed E-state index contributed by atoms with van der Waals surface area (Å²) in [6.45, 7) is 0. The van der Waals surface area contributed by atoms with Gasteiger partial charge in [0.2, 0.25) is 0 Å². The summed E-state index contributed by atoms with van der Waals surface area (Å²) in [6.07, 6.45) is 0. The van der Waals surface area contributed by atoms with E-state index in [1.165, 1.54) is 22.7 Å². The van der Waals surface area contributed by atoms with Gasteiger partial charge >= 0.3 is 14.2 Å². The second-order valence-corrected chi connectivity index (χ2v) is 6.20. The third kappa shape index (κ3) is 1.97. The first-order valence-corrected chi connectivity index (χ1v) is 6.87. The standard InChI is InChI=1S/C10H8B2O4S2/c13-11(14)9-3-5-1-7-6(2-8(5)18-9)4-10(17-7)12(15)16/h1-4,13-16H. The van der Waals surface area contributed by atoms with Gasteiger partial charge in [-0.1, -0.05) is 0 Å². The third-order valence-electron chi connectivity index (χ3n) is 2.70. The highest BCUT2D eigenvalue weighted by molar-refractivity contribution is 7.29. The first-order chi connectivity index (χ1) is 8.54. The van der Waals surface area contributed by atoms with Crippen molar-refractivity contribution >= 4 is 66.6 Å². The molecule has 0 radical (unpaired) electrons. The fourth-order valence-electron chi connectivity index (χ4n) is 1.87. The number of rotatable bonds is 2. The van der Waals surface area contributed by atoms with Crippen LogP contribution in [0.5, 0.6) is 0 Å². The number of thiophene rings is 2. The highest BCUT2D eigenvalue weighted by Gasteiger charge is 2.17. The minimum Gasteiger partial charge on any atom is -0.423 e. The van der Waals surface area contributed by atoms with E-state index >= 15 is 0 Å². The van der Waals surface area contributed by atoms with Crippen LogP contribution in [0, 0.1) is 0 Å². The van der Waals surface area contributed by atoms with Crippen LogP contribution in [0.4, 0.5) is 0 Å². The van der Waals surface area contributed by atoms with Crippen LogP contribution in [-0.4, -0.2) is 34.3 Å². The van der Waals surface area contributed by atoms with E-state index < -0.39 is 14.2 Å². The predicted octanol–water partition coefficient (Wildman–Crippen LogP) is -0.524. The summed E-state index contributed by atoms with van der Waals surface area (Å²) in [5.41, 5.74) is 0. The molecule has 2 heterocycles. The highest BCUT2D eigenvalue weighted by atomic mass is 32.1. The second kappa shape index (κ2) is 4.34. The quantitative estimate of drug-likeness (QED) is 0.475. The van der Waals surface area contributed by atoms with E-state index in [4.69, 9.17) is 20.1 Å². The molecule has 0 bridgehead atoms. The van der Waals surface area contributed by atoms with Gasteiger partial charge in [0.15, 0.2) is 0 Å². The number of hydrogen-bond donors (Lipinski definition) is 4. The van der Waals surface area contributed by atoms with Crippen molar-refractivity contribution in [3.63, 3.8) is 0 Å². The topological polar surface area (TPSA) is 80.9 Å².